The van der Waals surface area contributed by atoms with Crippen molar-refractivity contribution in [3.05, 3.63) is 98.5 Å². The first-order valence-corrected chi connectivity index (χ1v) is 11.1. The summed E-state index contributed by atoms with van der Waals surface area (Å²) in [6.45, 7) is 0. The first-order chi connectivity index (χ1) is 15.1. The van der Waals surface area contributed by atoms with Crippen molar-refractivity contribution in [3.8, 4) is 0 Å². The van der Waals surface area contributed by atoms with Crippen molar-refractivity contribution in [2.75, 3.05) is 10.0 Å². The van der Waals surface area contributed by atoms with Gasteiger partial charge in [0.2, 0.25) is 0 Å². The molecular formula is C21H15Cl2N3O5S. The first kappa shape index (κ1) is 23.3. The van der Waals surface area contributed by atoms with Crippen LogP contribution in [-0.4, -0.2) is 19.2 Å². The Bertz CT molecular complexity index is 1340. The molecule has 0 aliphatic carbocycles. The van der Waals surface area contributed by atoms with Crippen molar-refractivity contribution in [1.82, 2.24) is 0 Å². The van der Waals surface area contributed by atoms with Gasteiger partial charge in [-0.05, 0) is 48.0 Å². The number of halogens is 2. The maximum atomic E-state index is 13.3. The molecule has 3 aromatic carbocycles. The normalized spacial score (nSPS) is 11.4. The van der Waals surface area contributed by atoms with Crippen LogP contribution in [0.4, 0.5) is 17.1 Å². The third-order valence-corrected chi connectivity index (χ3v) is 6.55. The first-order valence-electron chi connectivity index (χ1n) is 8.92. The number of nitrogen functional groups attached to an aromatic ring is 1. The lowest BCUT2D eigenvalue weighted by molar-refractivity contribution is -0.384. The highest BCUT2D eigenvalue weighted by atomic mass is 35.5. The highest BCUT2D eigenvalue weighted by Crippen LogP contribution is 2.29. The summed E-state index contributed by atoms with van der Waals surface area (Å²) in [5, 5.41) is 11.3. The molecule has 0 heterocycles. The zero-order valence-electron chi connectivity index (χ0n) is 16.2. The second-order valence-corrected chi connectivity index (χ2v) is 9.09. The maximum Gasteiger partial charge on any atom is 0.271 e. The summed E-state index contributed by atoms with van der Waals surface area (Å²) in [5.74, 6) is -0.924. The Morgan fingerprint density at radius 1 is 1.03 bits per heavy atom. The number of hydrogen-bond donors (Lipinski definition) is 1. The van der Waals surface area contributed by atoms with Gasteiger partial charge in [0.1, 0.15) is 0 Å². The molecule has 3 aromatic rings. The minimum absolute atomic E-state index is 0.000265. The van der Waals surface area contributed by atoms with Gasteiger partial charge >= 0.3 is 0 Å². The zero-order chi connectivity index (χ0) is 23.5. The monoisotopic (exact) mass is 491 g/mol. The quantitative estimate of drug-likeness (QED) is 0.226. The molecule has 32 heavy (non-hydrogen) atoms. The fourth-order valence-corrected chi connectivity index (χ4v) is 4.47. The molecule has 0 spiro atoms. The van der Waals surface area contributed by atoms with Crippen LogP contribution in [0.25, 0.3) is 6.08 Å². The molecule has 0 aromatic heterocycles. The van der Waals surface area contributed by atoms with Crippen LogP contribution in [0.5, 0.6) is 0 Å². The number of benzene rings is 3. The van der Waals surface area contributed by atoms with Crippen molar-refractivity contribution in [1.29, 1.82) is 0 Å². The van der Waals surface area contributed by atoms with Gasteiger partial charge < -0.3 is 5.73 Å². The van der Waals surface area contributed by atoms with Gasteiger partial charge in [0.05, 0.1) is 26.2 Å². The Labute approximate surface area is 193 Å². The lowest BCUT2D eigenvalue weighted by Gasteiger charge is -2.22. The number of anilines is 2. The lowest BCUT2D eigenvalue weighted by atomic mass is 10.2. The van der Waals surface area contributed by atoms with Gasteiger partial charge in [-0.2, -0.15) is 4.31 Å². The number of rotatable bonds is 6. The van der Waals surface area contributed by atoms with Gasteiger partial charge in [-0.1, -0.05) is 41.4 Å². The number of hydrogen-bond acceptors (Lipinski definition) is 6. The van der Waals surface area contributed by atoms with Gasteiger partial charge in [-0.15, -0.1) is 0 Å². The Morgan fingerprint density at radius 2 is 1.75 bits per heavy atom. The fourth-order valence-electron chi connectivity index (χ4n) is 2.75. The van der Waals surface area contributed by atoms with E-state index in [1.165, 1.54) is 66.7 Å². The van der Waals surface area contributed by atoms with Crippen LogP contribution in [0.1, 0.15) is 5.56 Å². The van der Waals surface area contributed by atoms with Gasteiger partial charge in [-0.3, -0.25) is 14.9 Å². The van der Waals surface area contributed by atoms with Crippen LogP contribution in [-0.2, 0) is 14.8 Å². The molecule has 164 valence electrons. The summed E-state index contributed by atoms with van der Waals surface area (Å²) in [6.07, 6.45) is 2.27. The van der Waals surface area contributed by atoms with Crippen LogP contribution in [0, 0.1) is 10.1 Å². The predicted molar refractivity (Wildman–Crippen MR) is 124 cm³/mol. The molecule has 0 aliphatic rings. The highest BCUT2D eigenvalue weighted by Gasteiger charge is 2.30. The van der Waals surface area contributed by atoms with E-state index in [0.29, 0.717) is 9.87 Å². The SMILES string of the molecule is Nc1cc(S(=O)(=O)N(C(=O)/C=C/c2cccc([N+](=O)[O-])c2)c2cccc(Cl)c2)ccc1Cl. The van der Waals surface area contributed by atoms with Crippen molar-refractivity contribution < 1.29 is 18.1 Å². The smallest absolute Gasteiger partial charge is 0.271 e. The minimum Gasteiger partial charge on any atom is -0.397 e. The second kappa shape index (κ2) is 9.39. The van der Waals surface area contributed by atoms with Gasteiger partial charge in [0.15, 0.2) is 0 Å². The summed E-state index contributed by atoms with van der Waals surface area (Å²) in [5.41, 5.74) is 5.93. The number of carbonyl (C=O) groups excluding carboxylic acids is 1. The molecule has 0 saturated heterocycles. The topological polar surface area (TPSA) is 124 Å². The summed E-state index contributed by atoms with van der Waals surface area (Å²) in [6, 6.07) is 15.0. The van der Waals surface area contributed by atoms with Gasteiger partial charge in [0, 0.05) is 23.2 Å². The number of nitrogens with zero attached hydrogens (tertiary/aromatic N) is 2. The standard InChI is InChI=1S/C21H15Cl2N3O5S/c22-15-4-2-5-16(12-15)25(32(30,31)18-8-9-19(23)20(24)13-18)21(27)10-7-14-3-1-6-17(11-14)26(28)29/h1-13H,24H2/b10-7+. The van der Waals surface area contributed by atoms with E-state index in [1.807, 2.05) is 0 Å². The van der Waals surface area contributed by atoms with Crippen LogP contribution in [0.15, 0.2) is 77.7 Å². The Morgan fingerprint density at radius 3 is 2.41 bits per heavy atom. The van der Waals surface area contributed by atoms with Gasteiger partial charge in [-0.25, -0.2) is 8.42 Å². The van der Waals surface area contributed by atoms with Crippen molar-refractivity contribution >= 4 is 62.3 Å². The minimum atomic E-state index is -4.41. The molecule has 0 saturated carbocycles. The van der Waals surface area contributed by atoms with E-state index >= 15 is 0 Å². The molecule has 1 amide bonds. The number of non-ortho nitro benzene ring substituents is 1. The Kier molecular flexibility index (Phi) is 6.83. The summed E-state index contributed by atoms with van der Waals surface area (Å²) in [7, 11) is -4.41. The third kappa shape index (κ3) is 5.08. The molecule has 0 atom stereocenters. The van der Waals surface area contributed by atoms with Crippen LogP contribution >= 0.6 is 23.2 Å². The van der Waals surface area contributed by atoms with Crippen molar-refractivity contribution in [2.24, 2.45) is 0 Å². The Balaban J connectivity index is 2.07. The van der Waals surface area contributed by atoms with Crippen LogP contribution < -0.4 is 10.0 Å². The van der Waals surface area contributed by atoms with Crippen molar-refractivity contribution in [3.63, 3.8) is 0 Å². The molecular weight excluding hydrogens is 477 g/mol. The van der Waals surface area contributed by atoms with E-state index in [1.54, 1.807) is 0 Å². The van der Waals surface area contributed by atoms with E-state index in [4.69, 9.17) is 28.9 Å². The molecule has 0 unspecified atom stereocenters. The van der Waals surface area contributed by atoms with E-state index in [-0.39, 0.29) is 32.0 Å². The predicted octanol–water partition coefficient (Wildman–Crippen LogP) is 4.92. The second-order valence-electron chi connectivity index (χ2n) is 6.46. The lowest BCUT2D eigenvalue weighted by Crippen LogP contribution is -2.36. The third-order valence-electron chi connectivity index (χ3n) is 4.25. The molecule has 0 radical (unpaired) electrons. The number of carbonyl (C=O) groups is 1. The zero-order valence-corrected chi connectivity index (χ0v) is 18.5. The number of nitrogens with two attached hydrogens (primary N) is 1. The molecule has 0 bridgehead atoms. The molecule has 3 rings (SSSR count). The average Bonchev–Trinajstić information content (AvgIpc) is 2.74. The molecule has 2 N–H and O–H groups in total. The summed E-state index contributed by atoms with van der Waals surface area (Å²) in [4.78, 5) is 23.2. The largest absolute Gasteiger partial charge is 0.397 e. The summed E-state index contributed by atoms with van der Waals surface area (Å²) < 4.78 is 27.3. The summed E-state index contributed by atoms with van der Waals surface area (Å²) >= 11 is 11.9. The number of nitro groups is 1. The fraction of sp³-hybridized carbons (Fsp3) is 0. The Hall–Kier alpha value is -3.40. The highest BCUT2D eigenvalue weighted by molar-refractivity contribution is 7.93. The molecule has 11 heteroatoms. The van der Waals surface area contributed by atoms with Crippen LogP contribution in [0.3, 0.4) is 0 Å². The van der Waals surface area contributed by atoms with Crippen molar-refractivity contribution in [2.45, 2.75) is 4.90 Å². The molecule has 8 nitrogen and oxygen atoms in total. The number of sulfonamides is 1. The van der Waals surface area contributed by atoms with E-state index in [9.17, 15) is 23.3 Å². The van der Waals surface area contributed by atoms with E-state index < -0.39 is 20.9 Å². The number of nitro benzene ring substituents is 1. The number of amides is 1. The van der Waals surface area contributed by atoms with E-state index in [2.05, 4.69) is 0 Å². The van der Waals surface area contributed by atoms with Crippen LogP contribution in [0.2, 0.25) is 10.0 Å². The van der Waals surface area contributed by atoms with Gasteiger partial charge in [0.25, 0.3) is 21.6 Å². The molecule has 0 aliphatic heterocycles. The average molecular weight is 492 g/mol. The van der Waals surface area contributed by atoms with E-state index in [0.717, 1.165) is 12.1 Å². The molecule has 0 fully saturated rings. The maximum absolute atomic E-state index is 13.3.